The average molecular weight is 418 g/mol. The molecule has 0 saturated heterocycles. The van der Waals surface area contributed by atoms with Crippen molar-refractivity contribution in [1.82, 2.24) is 0 Å². The Morgan fingerprint density at radius 2 is 1.22 bits per heavy atom. The van der Waals surface area contributed by atoms with E-state index in [1.54, 1.807) is 12.1 Å². The molecule has 0 radical (unpaired) electrons. The Bertz CT molecular complexity index is 342. The largest absolute Gasteiger partial charge is 4.00 e. The van der Waals surface area contributed by atoms with Crippen LogP contribution in [0.1, 0.15) is 84.6 Å². The maximum atomic E-state index is 10.0. The van der Waals surface area contributed by atoms with Gasteiger partial charge in [-0.25, -0.2) is 0 Å². The third kappa shape index (κ3) is 30.5. The van der Waals surface area contributed by atoms with Gasteiger partial charge in [0.1, 0.15) is 5.75 Å². The predicted molar refractivity (Wildman–Crippen MR) is 100 cm³/mol. The van der Waals surface area contributed by atoms with Gasteiger partial charge in [0.25, 0.3) is 0 Å². The van der Waals surface area contributed by atoms with Crippen LogP contribution >= 0.6 is 0 Å². The van der Waals surface area contributed by atoms with E-state index in [0.29, 0.717) is 11.7 Å². The Morgan fingerprint density at radius 1 is 0.815 bits per heavy atom. The maximum absolute atomic E-state index is 10.0. The van der Waals surface area contributed by atoms with Crippen LogP contribution in [0.3, 0.4) is 0 Å². The monoisotopic (exact) mass is 418 g/mol. The molecule has 0 heterocycles. The number of hydrogen-bond donors (Lipinski definition) is 0. The summed E-state index contributed by atoms with van der Waals surface area (Å²) in [5.74, 6) is 0.821. The molecule has 5 nitrogen and oxygen atoms in total. The smallest absolute Gasteiger partial charge is 0.854 e. The van der Waals surface area contributed by atoms with Gasteiger partial charge in [-0.1, -0.05) is 85.3 Å². The Labute approximate surface area is 181 Å². The molecule has 0 atom stereocenters. The van der Waals surface area contributed by atoms with Crippen molar-refractivity contribution >= 4 is 0 Å². The van der Waals surface area contributed by atoms with Crippen LogP contribution in [0.15, 0.2) is 24.3 Å². The number of rotatable bonds is 8. The van der Waals surface area contributed by atoms with Crippen LogP contribution in [-0.4, -0.2) is 19.8 Å². The standard InChI is InChI=1S/C9H12O2.3C4H9O.Ti/c1-7(2)8-4-3-5-9(6-8)11-10;3*1-2-3-4-5;/h3-7,10H,1-2H3;3*2-4H2,1H3;/q;3*-1;+4/p-1. The quantitative estimate of drug-likeness (QED) is 0.365. The second-order valence-electron chi connectivity index (χ2n) is 5.98. The Balaban J connectivity index is -0.000000142. The minimum Gasteiger partial charge on any atom is -0.854 e. The van der Waals surface area contributed by atoms with Crippen molar-refractivity contribution in [2.24, 2.45) is 0 Å². The summed E-state index contributed by atoms with van der Waals surface area (Å²) in [6.07, 6.45) is 5.59. The molecule has 1 aromatic rings. The van der Waals surface area contributed by atoms with Gasteiger partial charge in [0.2, 0.25) is 0 Å². The molecule has 6 heteroatoms. The molecule has 0 bridgehead atoms. The molecule has 0 unspecified atom stereocenters. The average Bonchev–Trinajstić information content (AvgIpc) is 2.65. The summed E-state index contributed by atoms with van der Waals surface area (Å²) in [7, 11) is 0. The third-order valence-corrected chi connectivity index (χ3v) is 3.11. The van der Waals surface area contributed by atoms with Gasteiger partial charge in [-0.3, -0.25) is 0 Å². The third-order valence-electron chi connectivity index (χ3n) is 3.11. The van der Waals surface area contributed by atoms with Crippen molar-refractivity contribution in [2.75, 3.05) is 19.8 Å². The Morgan fingerprint density at radius 3 is 1.44 bits per heavy atom. The van der Waals surface area contributed by atoms with Gasteiger partial charge >= 0.3 is 21.7 Å². The second-order valence-corrected chi connectivity index (χ2v) is 5.98. The SMILES string of the molecule is CC(C)c1cccc(O[O-])c1.CCCC[O-].CCCC[O-].CCCC[O-].[Ti+4]. The van der Waals surface area contributed by atoms with Crippen LogP contribution in [0, 0.1) is 0 Å². The molecule has 0 spiro atoms. The first-order chi connectivity index (χ1) is 12.5. The number of hydrogen-bond acceptors (Lipinski definition) is 5. The molecule has 156 valence electrons. The molecule has 0 fully saturated rings. The van der Waals surface area contributed by atoms with E-state index < -0.39 is 0 Å². The summed E-state index contributed by atoms with van der Waals surface area (Å²) in [5, 5.41) is 38.6. The summed E-state index contributed by atoms with van der Waals surface area (Å²) >= 11 is 0. The van der Waals surface area contributed by atoms with E-state index in [1.165, 1.54) is 0 Å². The molecular formula is C21H38O5Ti. The molecular weight excluding hydrogens is 380 g/mol. The molecule has 1 aromatic carbocycles. The zero-order valence-electron chi connectivity index (χ0n) is 17.8. The van der Waals surface area contributed by atoms with Crippen molar-refractivity contribution in [3.8, 4) is 5.75 Å². The fourth-order valence-electron chi connectivity index (χ4n) is 1.36. The normalized spacial score (nSPS) is 8.81. The first-order valence-corrected chi connectivity index (χ1v) is 9.62. The van der Waals surface area contributed by atoms with Gasteiger partial charge in [0.05, 0.1) is 0 Å². The van der Waals surface area contributed by atoms with Gasteiger partial charge in [0.15, 0.2) is 0 Å². The molecule has 0 N–H and O–H groups in total. The van der Waals surface area contributed by atoms with Gasteiger partial charge in [0, 0.05) is 0 Å². The van der Waals surface area contributed by atoms with Crippen LogP contribution < -0.4 is 25.5 Å². The van der Waals surface area contributed by atoms with E-state index in [1.807, 2.05) is 32.9 Å². The van der Waals surface area contributed by atoms with E-state index in [0.717, 1.165) is 44.1 Å². The summed E-state index contributed by atoms with van der Waals surface area (Å²) < 4.78 is 0. The van der Waals surface area contributed by atoms with E-state index in [-0.39, 0.29) is 41.5 Å². The van der Waals surface area contributed by atoms with Crippen LogP contribution in [0.4, 0.5) is 0 Å². The first kappa shape index (κ1) is 34.1. The van der Waals surface area contributed by atoms with Crippen LogP contribution in [0.25, 0.3) is 0 Å². The Hall–Kier alpha value is -0.426. The van der Waals surface area contributed by atoms with E-state index in [2.05, 4.69) is 18.7 Å². The molecule has 0 aliphatic rings. The molecule has 0 aliphatic heterocycles. The van der Waals surface area contributed by atoms with Crippen LogP contribution in [0.5, 0.6) is 5.75 Å². The first-order valence-electron chi connectivity index (χ1n) is 9.62. The van der Waals surface area contributed by atoms with Crippen molar-refractivity contribution in [3.63, 3.8) is 0 Å². The van der Waals surface area contributed by atoms with Gasteiger partial charge in [-0.15, -0.1) is 19.8 Å². The van der Waals surface area contributed by atoms with Crippen LogP contribution in [-0.2, 0) is 21.7 Å². The van der Waals surface area contributed by atoms with Gasteiger partial charge < -0.3 is 25.5 Å². The van der Waals surface area contributed by atoms with Gasteiger partial charge in [-0.05, 0) is 23.6 Å². The fraction of sp³-hybridized carbons (Fsp3) is 0.714. The topological polar surface area (TPSA) is 101 Å². The minimum atomic E-state index is 0. The Kier molecular flexibility index (Phi) is 38.3. The van der Waals surface area contributed by atoms with Crippen molar-refractivity contribution in [1.29, 1.82) is 0 Å². The summed E-state index contributed by atoms with van der Waals surface area (Å²) in [6, 6.07) is 7.21. The van der Waals surface area contributed by atoms with Crippen molar-refractivity contribution in [2.45, 2.75) is 79.1 Å². The van der Waals surface area contributed by atoms with Crippen molar-refractivity contribution < 1.29 is 47.2 Å². The maximum Gasteiger partial charge on any atom is 4.00 e. The van der Waals surface area contributed by atoms with E-state index >= 15 is 0 Å². The molecule has 0 aromatic heterocycles. The van der Waals surface area contributed by atoms with Crippen LogP contribution in [0.2, 0.25) is 0 Å². The minimum absolute atomic E-state index is 0. The second kappa shape index (κ2) is 30.3. The predicted octanol–water partition coefficient (Wildman–Crippen LogP) is 1.90. The molecule has 0 aliphatic carbocycles. The molecule has 0 amide bonds. The summed E-state index contributed by atoms with van der Waals surface area (Å²) in [4.78, 5) is 3.86. The van der Waals surface area contributed by atoms with Crippen molar-refractivity contribution in [3.05, 3.63) is 29.8 Å². The van der Waals surface area contributed by atoms with Gasteiger partial charge in [-0.2, -0.15) is 0 Å². The summed E-state index contributed by atoms with van der Waals surface area (Å²) in [6.45, 7) is 10.5. The zero-order chi connectivity index (χ0) is 20.6. The number of benzene rings is 1. The van der Waals surface area contributed by atoms with E-state index in [4.69, 9.17) is 0 Å². The summed E-state index contributed by atoms with van der Waals surface area (Å²) in [5.41, 5.74) is 1.12. The fourth-order valence-corrected chi connectivity index (χ4v) is 1.36. The van der Waals surface area contributed by atoms with E-state index in [9.17, 15) is 20.6 Å². The number of unbranched alkanes of at least 4 members (excludes halogenated alkanes) is 3. The molecule has 0 saturated carbocycles. The molecule has 1 rings (SSSR count). The molecule has 27 heavy (non-hydrogen) atoms. The zero-order valence-corrected chi connectivity index (χ0v) is 19.4.